The number of nitrogens with zero attached hydrogens (tertiary/aromatic N) is 2. The number of aromatic amines is 1. The van der Waals surface area contributed by atoms with Crippen molar-refractivity contribution in [1.82, 2.24) is 15.0 Å². The molecule has 0 amide bonds. The van der Waals surface area contributed by atoms with Crippen molar-refractivity contribution in [1.29, 1.82) is 0 Å². The Bertz CT molecular complexity index is 1180. The van der Waals surface area contributed by atoms with Gasteiger partial charge in [-0.2, -0.15) is 0 Å². The van der Waals surface area contributed by atoms with Gasteiger partial charge in [-0.15, -0.1) is 11.3 Å². The van der Waals surface area contributed by atoms with E-state index >= 15 is 0 Å². The number of H-pyrrole nitrogens is 1. The van der Waals surface area contributed by atoms with Crippen molar-refractivity contribution in [2.24, 2.45) is 0 Å². The van der Waals surface area contributed by atoms with E-state index in [1.165, 1.54) is 11.3 Å². The highest BCUT2D eigenvalue weighted by atomic mass is 35.5. The van der Waals surface area contributed by atoms with Crippen molar-refractivity contribution < 1.29 is 9.84 Å². The number of hydrogen-bond acceptors (Lipinski definition) is 5. The Hall–Kier alpha value is -2.41. The molecule has 0 bridgehead atoms. The fourth-order valence-electron chi connectivity index (χ4n) is 3.64. The molecular weight excluding hydrogens is 394 g/mol. The number of hydrogen-bond donors (Lipinski definition) is 2. The van der Waals surface area contributed by atoms with Crippen molar-refractivity contribution in [3.8, 4) is 27.4 Å². The highest BCUT2D eigenvalue weighted by Gasteiger charge is 2.39. The summed E-state index contributed by atoms with van der Waals surface area (Å²) in [6.45, 7) is 0. The number of pyridine rings is 1. The van der Waals surface area contributed by atoms with Crippen LogP contribution in [0.5, 0.6) is 5.75 Å². The molecule has 3 aromatic heterocycles. The number of ether oxygens (including phenoxy) is 1. The summed E-state index contributed by atoms with van der Waals surface area (Å²) in [6.07, 6.45) is 6.01. The molecule has 1 aliphatic carbocycles. The number of aromatic nitrogens is 3. The van der Waals surface area contributed by atoms with Crippen LogP contribution < -0.4 is 4.74 Å². The zero-order chi connectivity index (χ0) is 19.3. The molecule has 0 unspecified atom stereocenters. The molecule has 1 saturated carbocycles. The average molecular weight is 412 g/mol. The number of rotatable bonds is 4. The summed E-state index contributed by atoms with van der Waals surface area (Å²) in [5, 5.41) is 12.9. The minimum atomic E-state index is -0.776. The molecular formula is C21H18ClN3O2S. The number of thiazole rings is 1. The summed E-state index contributed by atoms with van der Waals surface area (Å²) in [7, 11) is 1.66. The van der Waals surface area contributed by atoms with Gasteiger partial charge in [0.15, 0.2) is 0 Å². The molecule has 1 fully saturated rings. The standard InChI is InChI=1S/C21H18ClN3O2S/c1-27-16-6-3-2-5-12(16)15-9-13-18(14(22)10-23-19(13)25-15)17-11-24-20(28-17)21(26)7-4-8-21/h2-3,5-6,9-11,26H,4,7-8H2,1H3,(H,23,25). The summed E-state index contributed by atoms with van der Waals surface area (Å²) in [4.78, 5) is 13.2. The molecule has 1 aromatic carbocycles. The van der Waals surface area contributed by atoms with E-state index in [1.807, 2.05) is 30.3 Å². The van der Waals surface area contributed by atoms with Gasteiger partial charge in [-0.3, -0.25) is 0 Å². The molecule has 28 heavy (non-hydrogen) atoms. The van der Waals surface area contributed by atoms with Crippen LogP contribution in [-0.4, -0.2) is 27.2 Å². The maximum Gasteiger partial charge on any atom is 0.138 e. The lowest BCUT2D eigenvalue weighted by Crippen LogP contribution is -2.33. The van der Waals surface area contributed by atoms with Gasteiger partial charge in [0.05, 0.1) is 22.7 Å². The Kier molecular flexibility index (Phi) is 4.16. The highest BCUT2D eigenvalue weighted by molar-refractivity contribution is 7.15. The number of aliphatic hydroxyl groups is 1. The van der Waals surface area contributed by atoms with Gasteiger partial charge in [0.2, 0.25) is 0 Å². The molecule has 0 saturated heterocycles. The van der Waals surface area contributed by atoms with Gasteiger partial charge in [0, 0.05) is 28.9 Å². The Morgan fingerprint density at radius 3 is 2.79 bits per heavy atom. The Balaban J connectivity index is 1.65. The highest BCUT2D eigenvalue weighted by Crippen LogP contribution is 2.46. The first-order chi connectivity index (χ1) is 13.6. The second-order valence-electron chi connectivity index (χ2n) is 7.04. The number of halogens is 1. The minimum Gasteiger partial charge on any atom is -0.496 e. The van der Waals surface area contributed by atoms with Gasteiger partial charge in [-0.05, 0) is 37.5 Å². The number of fused-ring (bicyclic) bond motifs is 1. The Morgan fingerprint density at radius 2 is 2.04 bits per heavy atom. The third-order valence-electron chi connectivity index (χ3n) is 5.34. The molecule has 4 aromatic rings. The molecule has 0 spiro atoms. The van der Waals surface area contributed by atoms with Crippen LogP contribution in [-0.2, 0) is 5.60 Å². The summed E-state index contributed by atoms with van der Waals surface area (Å²) in [6, 6.07) is 9.88. The minimum absolute atomic E-state index is 0.564. The molecule has 142 valence electrons. The normalized spacial score (nSPS) is 15.5. The predicted octanol–water partition coefficient (Wildman–Crippen LogP) is 5.39. The van der Waals surface area contributed by atoms with Crippen molar-refractivity contribution in [2.45, 2.75) is 24.9 Å². The first-order valence-electron chi connectivity index (χ1n) is 9.09. The molecule has 0 atom stereocenters. The summed E-state index contributed by atoms with van der Waals surface area (Å²) in [5.74, 6) is 0.786. The average Bonchev–Trinajstić information content (AvgIpc) is 3.33. The van der Waals surface area contributed by atoms with E-state index in [1.54, 1.807) is 19.5 Å². The smallest absolute Gasteiger partial charge is 0.138 e. The second kappa shape index (κ2) is 6.58. The molecule has 1 aliphatic rings. The lowest BCUT2D eigenvalue weighted by molar-refractivity contribution is -0.0389. The van der Waals surface area contributed by atoms with Crippen LogP contribution in [0, 0.1) is 0 Å². The van der Waals surface area contributed by atoms with Crippen LogP contribution in [0.2, 0.25) is 5.02 Å². The molecule has 5 nitrogen and oxygen atoms in total. The lowest BCUT2D eigenvalue weighted by Gasteiger charge is -2.34. The third-order valence-corrected chi connectivity index (χ3v) is 6.83. The molecule has 7 heteroatoms. The molecule has 2 N–H and O–H groups in total. The van der Waals surface area contributed by atoms with E-state index in [0.717, 1.165) is 62.8 Å². The van der Waals surface area contributed by atoms with Gasteiger partial charge in [0.25, 0.3) is 0 Å². The number of nitrogens with one attached hydrogen (secondary N) is 1. The van der Waals surface area contributed by atoms with Crippen LogP contribution in [0.4, 0.5) is 0 Å². The Labute approximate surface area is 171 Å². The topological polar surface area (TPSA) is 71.0 Å². The van der Waals surface area contributed by atoms with Crippen LogP contribution in [0.3, 0.4) is 0 Å². The fraction of sp³-hybridized carbons (Fsp3) is 0.238. The number of para-hydroxylation sites is 1. The zero-order valence-corrected chi connectivity index (χ0v) is 16.8. The van der Waals surface area contributed by atoms with E-state index in [-0.39, 0.29) is 0 Å². The van der Waals surface area contributed by atoms with Gasteiger partial charge in [-0.25, -0.2) is 9.97 Å². The molecule has 0 radical (unpaired) electrons. The largest absolute Gasteiger partial charge is 0.496 e. The quantitative estimate of drug-likeness (QED) is 0.472. The van der Waals surface area contributed by atoms with Gasteiger partial charge >= 0.3 is 0 Å². The van der Waals surface area contributed by atoms with E-state index < -0.39 is 5.60 Å². The SMILES string of the molecule is COc1ccccc1-c1cc2c(-c3cnc(C4(O)CCC4)s3)c(Cl)cnc2[nH]1. The first kappa shape index (κ1) is 17.7. The second-order valence-corrected chi connectivity index (χ2v) is 8.48. The van der Waals surface area contributed by atoms with Crippen molar-refractivity contribution in [2.75, 3.05) is 7.11 Å². The van der Waals surface area contributed by atoms with Gasteiger partial charge in [-0.1, -0.05) is 23.7 Å². The molecule has 5 rings (SSSR count). The fourth-order valence-corrected chi connectivity index (χ4v) is 5.09. The molecule has 3 heterocycles. The first-order valence-corrected chi connectivity index (χ1v) is 10.3. The van der Waals surface area contributed by atoms with Crippen LogP contribution in [0.1, 0.15) is 24.3 Å². The van der Waals surface area contributed by atoms with Crippen LogP contribution >= 0.6 is 22.9 Å². The van der Waals surface area contributed by atoms with E-state index in [2.05, 4.69) is 15.0 Å². The van der Waals surface area contributed by atoms with Crippen molar-refractivity contribution in [3.63, 3.8) is 0 Å². The third kappa shape index (κ3) is 2.71. The number of benzene rings is 1. The maximum atomic E-state index is 10.6. The summed E-state index contributed by atoms with van der Waals surface area (Å²) < 4.78 is 5.49. The predicted molar refractivity (Wildman–Crippen MR) is 112 cm³/mol. The summed E-state index contributed by atoms with van der Waals surface area (Å²) >= 11 is 8.04. The van der Waals surface area contributed by atoms with E-state index in [9.17, 15) is 5.11 Å². The maximum absolute atomic E-state index is 10.6. The van der Waals surface area contributed by atoms with E-state index in [4.69, 9.17) is 16.3 Å². The van der Waals surface area contributed by atoms with Crippen molar-refractivity contribution >= 4 is 34.0 Å². The van der Waals surface area contributed by atoms with Crippen LogP contribution in [0.15, 0.2) is 42.7 Å². The van der Waals surface area contributed by atoms with E-state index in [0.29, 0.717) is 5.02 Å². The van der Waals surface area contributed by atoms with Crippen LogP contribution in [0.25, 0.3) is 32.7 Å². The monoisotopic (exact) mass is 411 g/mol. The Morgan fingerprint density at radius 1 is 1.21 bits per heavy atom. The van der Waals surface area contributed by atoms with Gasteiger partial charge < -0.3 is 14.8 Å². The van der Waals surface area contributed by atoms with Crippen molar-refractivity contribution in [3.05, 3.63) is 52.8 Å². The summed E-state index contributed by atoms with van der Waals surface area (Å²) in [5.41, 5.74) is 2.72. The lowest BCUT2D eigenvalue weighted by atomic mass is 9.81. The number of methoxy groups -OCH3 is 1. The zero-order valence-electron chi connectivity index (χ0n) is 15.2. The molecule has 0 aliphatic heterocycles. The van der Waals surface area contributed by atoms with Gasteiger partial charge in [0.1, 0.15) is 22.0 Å².